The highest BCUT2D eigenvalue weighted by Gasteiger charge is 2.26. The number of aryl methyl sites for hydroxylation is 1. The lowest BCUT2D eigenvalue weighted by Crippen LogP contribution is -2.37. The monoisotopic (exact) mass is 302 g/mol. The molecule has 0 saturated carbocycles. The summed E-state index contributed by atoms with van der Waals surface area (Å²) in [6, 6.07) is 6.35. The van der Waals surface area contributed by atoms with Gasteiger partial charge in [0.2, 0.25) is 0 Å². The van der Waals surface area contributed by atoms with Crippen molar-refractivity contribution in [3.63, 3.8) is 0 Å². The van der Waals surface area contributed by atoms with Crippen LogP contribution in [0.15, 0.2) is 24.3 Å². The van der Waals surface area contributed by atoms with Gasteiger partial charge < -0.3 is 0 Å². The van der Waals surface area contributed by atoms with Crippen LogP contribution < -0.4 is 0 Å². The Bertz CT molecular complexity index is 635. The van der Waals surface area contributed by atoms with Crippen molar-refractivity contribution in [1.82, 2.24) is 19.7 Å². The van der Waals surface area contributed by atoms with E-state index in [2.05, 4.69) is 28.8 Å². The molecule has 1 aliphatic heterocycles. The van der Waals surface area contributed by atoms with Crippen molar-refractivity contribution in [1.29, 1.82) is 0 Å². The number of hydrogen-bond acceptors (Lipinski definition) is 3. The first-order valence-corrected chi connectivity index (χ1v) is 7.84. The second-order valence-electron chi connectivity index (χ2n) is 6.90. The van der Waals surface area contributed by atoms with E-state index in [9.17, 15) is 4.39 Å². The van der Waals surface area contributed by atoms with E-state index in [0.717, 1.165) is 37.0 Å². The van der Waals surface area contributed by atoms with E-state index in [0.29, 0.717) is 5.41 Å². The van der Waals surface area contributed by atoms with Crippen LogP contribution >= 0.6 is 0 Å². The largest absolute Gasteiger partial charge is 0.296 e. The van der Waals surface area contributed by atoms with E-state index in [1.807, 2.05) is 6.92 Å². The molecule has 0 radical (unpaired) electrons. The quantitative estimate of drug-likeness (QED) is 0.872. The fraction of sp³-hybridized carbons (Fsp3) is 0.529. The number of nitrogens with zero attached hydrogens (tertiary/aromatic N) is 4. The Morgan fingerprint density at radius 1 is 1.14 bits per heavy atom. The molecule has 1 aliphatic rings. The third kappa shape index (κ3) is 3.35. The average Bonchev–Trinajstić information content (AvgIpc) is 2.83. The minimum Gasteiger partial charge on any atom is -0.296 e. The molecule has 1 saturated heterocycles. The molecule has 0 bridgehead atoms. The van der Waals surface area contributed by atoms with E-state index in [-0.39, 0.29) is 5.82 Å². The predicted octanol–water partition coefficient (Wildman–Crippen LogP) is 3.34. The summed E-state index contributed by atoms with van der Waals surface area (Å²) < 4.78 is 14.8. The lowest BCUT2D eigenvalue weighted by Gasteiger charge is -2.36. The molecule has 0 unspecified atom stereocenters. The van der Waals surface area contributed by atoms with E-state index in [4.69, 9.17) is 0 Å². The third-order valence-corrected chi connectivity index (χ3v) is 4.46. The highest BCUT2D eigenvalue weighted by molar-refractivity contribution is 5.31. The Morgan fingerprint density at radius 2 is 1.77 bits per heavy atom. The van der Waals surface area contributed by atoms with Crippen molar-refractivity contribution < 1.29 is 4.39 Å². The Balaban J connectivity index is 1.71. The maximum Gasteiger partial charge on any atom is 0.165 e. The summed E-state index contributed by atoms with van der Waals surface area (Å²) in [5.41, 5.74) is 1.30. The molecule has 118 valence electrons. The van der Waals surface area contributed by atoms with E-state index in [1.54, 1.807) is 16.8 Å². The molecule has 1 aromatic carbocycles. The second kappa shape index (κ2) is 5.80. The van der Waals surface area contributed by atoms with E-state index >= 15 is 0 Å². The molecule has 0 amide bonds. The van der Waals surface area contributed by atoms with Crippen molar-refractivity contribution >= 4 is 0 Å². The van der Waals surface area contributed by atoms with Gasteiger partial charge in [-0.2, -0.15) is 0 Å². The zero-order valence-electron chi connectivity index (χ0n) is 13.5. The summed E-state index contributed by atoms with van der Waals surface area (Å²) in [6.45, 7) is 9.56. The van der Waals surface area contributed by atoms with Crippen LogP contribution in [-0.4, -0.2) is 32.8 Å². The van der Waals surface area contributed by atoms with Gasteiger partial charge in [0.05, 0.1) is 12.2 Å². The zero-order valence-corrected chi connectivity index (χ0v) is 13.5. The summed E-state index contributed by atoms with van der Waals surface area (Å²) in [6.07, 6.45) is 2.43. The summed E-state index contributed by atoms with van der Waals surface area (Å²) in [4.78, 5) is 6.97. The standard InChI is InChI=1S/C17H23FN4/c1-13-19-16(12-21-10-8-17(2,3)9-11-21)20-22(13)15-6-4-14(18)5-7-15/h4-7H,8-12H2,1-3H3. The SMILES string of the molecule is Cc1nc(CN2CCC(C)(C)CC2)nn1-c1ccc(F)cc1. The van der Waals surface area contributed by atoms with Gasteiger partial charge >= 0.3 is 0 Å². The van der Waals surface area contributed by atoms with Crippen molar-refractivity contribution in [3.8, 4) is 5.69 Å². The van der Waals surface area contributed by atoms with E-state index in [1.165, 1.54) is 25.0 Å². The summed E-state index contributed by atoms with van der Waals surface area (Å²) >= 11 is 0. The fourth-order valence-electron chi connectivity index (χ4n) is 2.85. The molecular formula is C17H23FN4. The van der Waals surface area contributed by atoms with Crippen LogP contribution in [0.4, 0.5) is 4.39 Å². The van der Waals surface area contributed by atoms with Gasteiger partial charge in [-0.25, -0.2) is 14.1 Å². The van der Waals surface area contributed by atoms with Gasteiger partial charge in [0.15, 0.2) is 5.82 Å². The molecular weight excluding hydrogens is 279 g/mol. The minimum absolute atomic E-state index is 0.238. The molecule has 0 aliphatic carbocycles. The van der Waals surface area contributed by atoms with Crippen LogP contribution in [0.5, 0.6) is 0 Å². The Morgan fingerprint density at radius 3 is 2.41 bits per heavy atom. The molecule has 2 heterocycles. The van der Waals surface area contributed by atoms with Gasteiger partial charge in [-0.3, -0.25) is 4.90 Å². The maximum absolute atomic E-state index is 13.0. The van der Waals surface area contributed by atoms with Crippen molar-refractivity contribution in [2.45, 2.75) is 40.2 Å². The van der Waals surface area contributed by atoms with Crippen LogP contribution in [0.3, 0.4) is 0 Å². The lowest BCUT2D eigenvalue weighted by molar-refractivity contribution is 0.124. The summed E-state index contributed by atoms with van der Waals surface area (Å²) in [7, 11) is 0. The zero-order chi connectivity index (χ0) is 15.7. The minimum atomic E-state index is -0.238. The number of aromatic nitrogens is 3. The second-order valence-corrected chi connectivity index (χ2v) is 6.90. The molecule has 22 heavy (non-hydrogen) atoms. The van der Waals surface area contributed by atoms with Gasteiger partial charge in [-0.1, -0.05) is 13.8 Å². The van der Waals surface area contributed by atoms with Gasteiger partial charge in [-0.05, 0) is 62.5 Å². The summed E-state index contributed by atoms with van der Waals surface area (Å²) in [5, 5.41) is 4.58. The Hall–Kier alpha value is -1.75. The number of piperidine rings is 1. The Labute approximate surface area is 131 Å². The molecule has 2 aromatic rings. The first kappa shape index (κ1) is 15.2. The highest BCUT2D eigenvalue weighted by atomic mass is 19.1. The molecule has 0 N–H and O–H groups in total. The number of rotatable bonds is 3. The molecule has 1 aromatic heterocycles. The number of benzene rings is 1. The molecule has 1 fully saturated rings. The van der Waals surface area contributed by atoms with Crippen LogP contribution in [0, 0.1) is 18.2 Å². The maximum atomic E-state index is 13.0. The van der Waals surface area contributed by atoms with E-state index < -0.39 is 0 Å². The molecule has 5 heteroatoms. The van der Waals surface area contributed by atoms with Gasteiger partial charge in [0.25, 0.3) is 0 Å². The predicted molar refractivity (Wildman–Crippen MR) is 84.3 cm³/mol. The average molecular weight is 302 g/mol. The van der Waals surface area contributed by atoms with Gasteiger partial charge in [0, 0.05) is 0 Å². The topological polar surface area (TPSA) is 34.0 Å². The van der Waals surface area contributed by atoms with Gasteiger partial charge in [-0.15, -0.1) is 5.10 Å². The van der Waals surface area contributed by atoms with Crippen LogP contribution in [0.2, 0.25) is 0 Å². The number of likely N-dealkylation sites (tertiary alicyclic amines) is 1. The number of halogens is 1. The highest BCUT2D eigenvalue weighted by Crippen LogP contribution is 2.30. The first-order chi connectivity index (χ1) is 10.4. The van der Waals surface area contributed by atoms with Crippen LogP contribution in [-0.2, 0) is 6.54 Å². The summed E-state index contributed by atoms with van der Waals surface area (Å²) in [5.74, 6) is 1.43. The molecule has 4 nitrogen and oxygen atoms in total. The van der Waals surface area contributed by atoms with Gasteiger partial charge in [0.1, 0.15) is 11.6 Å². The molecule has 0 spiro atoms. The smallest absolute Gasteiger partial charge is 0.165 e. The first-order valence-electron chi connectivity index (χ1n) is 7.84. The normalized spacial score (nSPS) is 18.5. The molecule has 0 atom stereocenters. The van der Waals surface area contributed by atoms with Crippen molar-refractivity contribution in [3.05, 3.63) is 41.7 Å². The van der Waals surface area contributed by atoms with Crippen molar-refractivity contribution in [2.75, 3.05) is 13.1 Å². The molecule has 3 rings (SSSR count). The van der Waals surface area contributed by atoms with Crippen molar-refractivity contribution in [2.24, 2.45) is 5.41 Å². The number of hydrogen-bond donors (Lipinski definition) is 0. The lowest BCUT2D eigenvalue weighted by atomic mass is 9.83. The van der Waals surface area contributed by atoms with Crippen LogP contribution in [0.25, 0.3) is 5.69 Å². The Kier molecular flexibility index (Phi) is 4.00. The van der Waals surface area contributed by atoms with Crippen LogP contribution in [0.1, 0.15) is 38.3 Å². The fourth-order valence-corrected chi connectivity index (χ4v) is 2.85. The third-order valence-electron chi connectivity index (χ3n) is 4.46.